The number of benzene rings is 2. The largest absolute Gasteiger partial charge is 0.348 e. The third-order valence-electron chi connectivity index (χ3n) is 4.65. The first-order valence-electron chi connectivity index (χ1n) is 8.78. The first kappa shape index (κ1) is 17.0. The summed E-state index contributed by atoms with van der Waals surface area (Å²) in [6.45, 7) is 4.36. The third-order valence-corrected chi connectivity index (χ3v) is 4.65. The first-order valence-corrected chi connectivity index (χ1v) is 8.78. The zero-order valence-electron chi connectivity index (χ0n) is 15.2. The van der Waals surface area contributed by atoms with Crippen molar-refractivity contribution in [2.45, 2.75) is 26.4 Å². The van der Waals surface area contributed by atoms with Crippen LogP contribution in [0.3, 0.4) is 0 Å². The molecule has 2 heterocycles. The molecule has 3 aromatic rings. The lowest BCUT2D eigenvalue weighted by Crippen LogP contribution is -2.34. The van der Waals surface area contributed by atoms with Gasteiger partial charge in [-0.2, -0.15) is 4.68 Å². The van der Waals surface area contributed by atoms with Gasteiger partial charge in [-0.25, -0.2) is 0 Å². The van der Waals surface area contributed by atoms with Crippen LogP contribution in [0.15, 0.2) is 65.9 Å². The third kappa shape index (κ3) is 3.31. The summed E-state index contributed by atoms with van der Waals surface area (Å²) in [4.78, 5) is 13.1. The fourth-order valence-electron chi connectivity index (χ4n) is 3.24. The van der Waals surface area contributed by atoms with E-state index in [1.54, 1.807) is 4.68 Å². The summed E-state index contributed by atoms with van der Waals surface area (Å²) in [5, 5.41) is 18.0. The summed E-state index contributed by atoms with van der Waals surface area (Å²) < 4.78 is 1.65. The number of aryl methyl sites for hydroxylation is 1. The number of amides is 1. The van der Waals surface area contributed by atoms with Crippen LogP contribution in [0.5, 0.6) is 0 Å². The van der Waals surface area contributed by atoms with Crippen molar-refractivity contribution in [3.63, 3.8) is 0 Å². The molecule has 1 aliphatic rings. The molecule has 7 heteroatoms. The van der Waals surface area contributed by atoms with Crippen molar-refractivity contribution in [3.05, 3.63) is 82.6 Å². The highest BCUT2D eigenvalue weighted by Gasteiger charge is 2.33. The maximum atomic E-state index is 13.1. The number of nitrogens with zero attached hydrogens (tertiary/aromatic N) is 4. The van der Waals surface area contributed by atoms with Gasteiger partial charge in [-0.3, -0.25) is 4.79 Å². The van der Waals surface area contributed by atoms with Gasteiger partial charge in [0, 0.05) is 12.2 Å². The van der Waals surface area contributed by atoms with E-state index in [4.69, 9.17) is 0 Å². The summed E-state index contributed by atoms with van der Waals surface area (Å²) in [6.07, 6.45) is 0. The van der Waals surface area contributed by atoms with Gasteiger partial charge in [0.15, 0.2) is 0 Å². The number of hydrogen-bond acceptors (Lipinski definition) is 5. The monoisotopic (exact) mass is 360 g/mol. The molecule has 0 spiro atoms. The quantitative estimate of drug-likeness (QED) is 0.747. The minimum absolute atomic E-state index is 0.143. The Balaban J connectivity index is 1.67. The molecule has 0 bridgehead atoms. The van der Waals surface area contributed by atoms with E-state index in [1.807, 2.05) is 68.4 Å². The van der Waals surface area contributed by atoms with E-state index in [0.717, 1.165) is 22.4 Å². The van der Waals surface area contributed by atoms with Crippen LogP contribution < -0.4 is 10.6 Å². The van der Waals surface area contributed by atoms with E-state index < -0.39 is 0 Å². The molecule has 1 amide bonds. The number of allylic oxidation sites excluding steroid dienone is 1. The Morgan fingerprint density at radius 1 is 1.11 bits per heavy atom. The van der Waals surface area contributed by atoms with E-state index in [-0.39, 0.29) is 11.9 Å². The summed E-state index contributed by atoms with van der Waals surface area (Å²) in [7, 11) is 0. The van der Waals surface area contributed by atoms with Crippen LogP contribution in [0, 0.1) is 6.92 Å². The number of fused-ring (bicyclic) bond motifs is 1. The molecule has 7 nitrogen and oxygen atoms in total. The van der Waals surface area contributed by atoms with E-state index in [0.29, 0.717) is 18.1 Å². The maximum absolute atomic E-state index is 13.1. The van der Waals surface area contributed by atoms with E-state index in [9.17, 15) is 4.79 Å². The lowest BCUT2D eigenvalue weighted by Gasteiger charge is -2.28. The van der Waals surface area contributed by atoms with Crippen LogP contribution in [0.25, 0.3) is 0 Å². The SMILES string of the molecule is CC1=C(C(=O)NCc2ccccc2)C(c2ccc(C)cc2)n2nnnc2N1. The van der Waals surface area contributed by atoms with Crippen molar-refractivity contribution >= 4 is 11.9 Å². The molecular formula is C20H20N6O. The van der Waals surface area contributed by atoms with E-state index >= 15 is 0 Å². The minimum atomic E-state index is -0.382. The fourth-order valence-corrected chi connectivity index (χ4v) is 3.24. The minimum Gasteiger partial charge on any atom is -0.348 e. The molecule has 0 radical (unpaired) electrons. The number of tetrazole rings is 1. The number of carbonyl (C=O) groups is 1. The second kappa shape index (κ2) is 7.03. The highest BCUT2D eigenvalue weighted by Crippen LogP contribution is 2.34. The maximum Gasteiger partial charge on any atom is 0.251 e. The molecule has 27 heavy (non-hydrogen) atoms. The van der Waals surface area contributed by atoms with Crippen molar-refractivity contribution in [1.29, 1.82) is 0 Å². The number of hydrogen-bond donors (Lipinski definition) is 2. The molecule has 2 aromatic carbocycles. The van der Waals surface area contributed by atoms with Gasteiger partial charge in [0.2, 0.25) is 5.95 Å². The normalized spacial score (nSPS) is 15.9. The summed E-state index contributed by atoms with van der Waals surface area (Å²) in [5.74, 6) is 0.383. The molecule has 2 N–H and O–H groups in total. The molecule has 0 aliphatic carbocycles. The highest BCUT2D eigenvalue weighted by atomic mass is 16.1. The Hall–Kier alpha value is -3.48. The average molecular weight is 360 g/mol. The Morgan fingerprint density at radius 3 is 2.59 bits per heavy atom. The zero-order chi connectivity index (χ0) is 18.8. The molecule has 4 rings (SSSR count). The standard InChI is InChI=1S/C20H20N6O/c1-13-8-10-16(11-9-13)18-17(14(2)22-20-23-24-25-26(18)20)19(27)21-12-15-6-4-3-5-7-15/h3-11,18H,12H2,1-2H3,(H,21,27)(H,22,23,25). The molecular weight excluding hydrogens is 340 g/mol. The predicted molar refractivity (Wildman–Crippen MR) is 102 cm³/mol. The molecule has 1 aliphatic heterocycles. The number of aromatic nitrogens is 4. The second-order valence-corrected chi connectivity index (χ2v) is 6.59. The van der Waals surface area contributed by atoms with Crippen LogP contribution in [-0.2, 0) is 11.3 Å². The first-order chi connectivity index (χ1) is 13.1. The van der Waals surface area contributed by atoms with Crippen molar-refractivity contribution < 1.29 is 4.79 Å². The van der Waals surface area contributed by atoms with Crippen LogP contribution in [0.1, 0.15) is 29.7 Å². The Kier molecular flexibility index (Phi) is 4.42. The van der Waals surface area contributed by atoms with Crippen molar-refractivity contribution in [1.82, 2.24) is 25.5 Å². The predicted octanol–water partition coefficient (Wildman–Crippen LogP) is 2.59. The highest BCUT2D eigenvalue weighted by molar-refractivity contribution is 5.96. The second-order valence-electron chi connectivity index (χ2n) is 6.59. The van der Waals surface area contributed by atoms with Gasteiger partial charge in [0.05, 0.1) is 5.57 Å². The number of anilines is 1. The van der Waals surface area contributed by atoms with Gasteiger partial charge < -0.3 is 10.6 Å². The number of nitrogens with one attached hydrogen (secondary N) is 2. The van der Waals surface area contributed by atoms with Gasteiger partial charge in [-0.05, 0) is 35.4 Å². The van der Waals surface area contributed by atoms with Gasteiger partial charge >= 0.3 is 0 Å². The van der Waals surface area contributed by atoms with Crippen molar-refractivity contribution in [2.24, 2.45) is 0 Å². The number of carbonyl (C=O) groups excluding carboxylic acids is 1. The van der Waals surface area contributed by atoms with Gasteiger partial charge in [0.25, 0.3) is 5.91 Å². The van der Waals surface area contributed by atoms with Gasteiger partial charge in [0.1, 0.15) is 6.04 Å². The zero-order valence-corrected chi connectivity index (χ0v) is 15.2. The Labute approximate surface area is 157 Å². The molecule has 1 unspecified atom stereocenters. The topological polar surface area (TPSA) is 84.7 Å². The lowest BCUT2D eigenvalue weighted by molar-refractivity contribution is -0.118. The van der Waals surface area contributed by atoms with Crippen LogP contribution in [0.2, 0.25) is 0 Å². The molecule has 0 saturated carbocycles. The van der Waals surface area contributed by atoms with E-state index in [1.165, 1.54) is 0 Å². The molecule has 0 fully saturated rings. The van der Waals surface area contributed by atoms with Crippen LogP contribution >= 0.6 is 0 Å². The van der Waals surface area contributed by atoms with Crippen LogP contribution in [0.4, 0.5) is 5.95 Å². The summed E-state index contributed by atoms with van der Waals surface area (Å²) >= 11 is 0. The molecule has 1 aromatic heterocycles. The summed E-state index contributed by atoms with van der Waals surface area (Å²) in [6, 6.07) is 17.5. The lowest BCUT2D eigenvalue weighted by atomic mass is 9.94. The molecule has 1 atom stereocenters. The summed E-state index contributed by atoms with van der Waals surface area (Å²) in [5.41, 5.74) is 4.51. The molecule has 0 saturated heterocycles. The fraction of sp³-hybridized carbons (Fsp3) is 0.200. The van der Waals surface area contributed by atoms with Gasteiger partial charge in [-0.15, -0.1) is 0 Å². The smallest absolute Gasteiger partial charge is 0.251 e. The molecule has 136 valence electrons. The van der Waals surface area contributed by atoms with E-state index in [2.05, 4.69) is 26.2 Å². The Bertz CT molecular complexity index is 991. The Morgan fingerprint density at radius 2 is 1.85 bits per heavy atom. The van der Waals surface area contributed by atoms with Crippen molar-refractivity contribution in [2.75, 3.05) is 5.32 Å². The van der Waals surface area contributed by atoms with Gasteiger partial charge in [-0.1, -0.05) is 65.3 Å². The van der Waals surface area contributed by atoms with Crippen molar-refractivity contribution in [3.8, 4) is 0 Å². The number of rotatable bonds is 4. The average Bonchev–Trinajstić information content (AvgIpc) is 3.14. The van der Waals surface area contributed by atoms with Crippen LogP contribution in [-0.4, -0.2) is 26.1 Å².